The van der Waals surface area contributed by atoms with E-state index in [4.69, 9.17) is 4.74 Å². The zero-order valence-corrected chi connectivity index (χ0v) is 13.3. The lowest BCUT2D eigenvalue weighted by Gasteiger charge is -2.11. The summed E-state index contributed by atoms with van der Waals surface area (Å²) < 4.78 is 18.6. The summed E-state index contributed by atoms with van der Waals surface area (Å²) in [5.41, 5.74) is 2.47. The molecule has 0 saturated heterocycles. The van der Waals surface area contributed by atoms with Crippen molar-refractivity contribution in [1.29, 1.82) is 0 Å². The molecule has 1 heterocycles. The maximum Gasteiger partial charge on any atom is 0.222 e. The average molecular weight is 301 g/mol. The molecule has 0 saturated carbocycles. The van der Waals surface area contributed by atoms with Crippen molar-refractivity contribution < 1.29 is 9.13 Å². The largest absolute Gasteiger partial charge is 0.439 e. The number of aliphatic imine (C=N–C) groups is 1. The minimum absolute atomic E-state index is 0.294. The molecule has 0 atom stereocenters. The molecule has 2 rings (SSSR count). The highest BCUT2D eigenvalue weighted by Crippen LogP contribution is 2.28. The quantitative estimate of drug-likeness (QED) is 0.612. The van der Waals surface area contributed by atoms with E-state index in [1.807, 2.05) is 31.9 Å². The standard InChI is InChI=1S/C17H20FN3O/c1-5-21(4)11-19-16-10-12(2)17(20-13(16)3)22-15-8-6-14(18)7-9-15/h6-11H,5H2,1-4H3. The fourth-order valence-electron chi connectivity index (χ4n) is 1.76. The van der Waals surface area contributed by atoms with E-state index in [9.17, 15) is 4.39 Å². The normalized spacial score (nSPS) is 11.0. The topological polar surface area (TPSA) is 37.7 Å². The Labute approximate surface area is 130 Å². The molecule has 0 N–H and O–H groups in total. The maximum absolute atomic E-state index is 12.9. The Balaban J connectivity index is 2.22. The van der Waals surface area contributed by atoms with Crippen LogP contribution in [0.15, 0.2) is 35.3 Å². The summed E-state index contributed by atoms with van der Waals surface area (Å²) in [5.74, 6) is 0.767. The molecule has 116 valence electrons. The zero-order chi connectivity index (χ0) is 16.1. The van der Waals surface area contributed by atoms with Crippen molar-refractivity contribution in [2.75, 3.05) is 13.6 Å². The Morgan fingerprint density at radius 3 is 2.59 bits per heavy atom. The van der Waals surface area contributed by atoms with Crippen LogP contribution in [0, 0.1) is 19.7 Å². The van der Waals surface area contributed by atoms with E-state index in [2.05, 4.69) is 16.9 Å². The fourth-order valence-corrected chi connectivity index (χ4v) is 1.76. The van der Waals surface area contributed by atoms with Gasteiger partial charge in [-0.2, -0.15) is 0 Å². The van der Waals surface area contributed by atoms with Crippen molar-refractivity contribution >= 4 is 12.0 Å². The van der Waals surface area contributed by atoms with Gasteiger partial charge in [0.15, 0.2) is 0 Å². The van der Waals surface area contributed by atoms with Crippen LogP contribution in [0.5, 0.6) is 11.6 Å². The van der Waals surface area contributed by atoms with Gasteiger partial charge in [0, 0.05) is 19.2 Å². The summed E-state index contributed by atoms with van der Waals surface area (Å²) in [6.07, 6.45) is 1.78. The Morgan fingerprint density at radius 2 is 1.95 bits per heavy atom. The molecule has 1 aromatic carbocycles. The number of rotatable bonds is 5. The monoisotopic (exact) mass is 301 g/mol. The van der Waals surface area contributed by atoms with Crippen molar-refractivity contribution in [2.24, 2.45) is 4.99 Å². The van der Waals surface area contributed by atoms with Gasteiger partial charge in [-0.25, -0.2) is 14.4 Å². The number of ether oxygens (including phenoxy) is 1. The third-order valence-electron chi connectivity index (χ3n) is 3.25. The van der Waals surface area contributed by atoms with Gasteiger partial charge >= 0.3 is 0 Å². The molecule has 0 aliphatic carbocycles. The van der Waals surface area contributed by atoms with E-state index in [-0.39, 0.29) is 5.82 Å². The molecule has 0 radical (unpaired) electrons. The van der Waals surface area contributed by atoms with Gasteiger partial charge in [0.25, 0.3) is 0 Å². The predicted molar refractivity (Wildman–Crippen MR) is 86.6 cm³/mol. The molecule has 0 spiro atoms. The second-order valence-corrected chi connectivity index (χ2v) is 5.09. The molecule has 4 nitrogen and oxygen atoms in total. The molecule has 0 fully saturated rings. The first-order valence-electron chi connectivity index (χ1n) is 7.15. The molecule has 0 bridgehead atoms. The van der Waals surface area contributed by atoms with E-state index in [1.54, 1.807) is 18.5 Å². The van der Waals surface area contributed by atoms with Crippen LogP contribution in [-0.4, -0.2) is 29.8 Å². The Hall–Kier alpha value is -2.43. The van der Waals surface area contributed by atoms with Gasteiger partial charge < -0.3 is 9.64 Å². The zero-order valence-electron chi connectivity index (χ0n) is 13.3. The highest BCUT2D eigenvalue weighted by atomic mass is 19.1. The second-order valence-electron chi connectivity index (χ2n) is 5.09. The van der Waals surface area contributed by atoms with Crippen LogP contribution >= 0.6 is 0 Å². The summed E-state index contributed by atoms with van der Waals surface area (Å²) in [5, 5.41) is 0. The smallest absolute Gasteiger partial charge is 0.222 e. The lowest BCUT2D eigenvalue weighted by atomic mass is 10.2. The van der Waals surface area contributed by atoms with Crippen LogP contribution < -0.4 is 4.74 Å². The SMILES string of the molecule is CCN(C)C=Nc1cc(C)c(Oc2ccc(F)cc2)nc1C. The van der Waals surface area contributed by atoms with E-state index >= 15 is 0 Å². The molecule has 0 unspecified atom stereocenters. The van der Waals surface area contributed by atoms with E-state index < -0.39 is 0 Å². The molecule has 0 amide bonds. The van der Waals surface area contributed by atoms with Gasteiger partial charge in [-0.3, -0.25) is 0 Å². The molecular weight excluding hydrogens is 281 g/mol. The van der Waals surface area contributed by atoms with Crippen LogP contribution in [0.3, 0.4) is 0 Å². The van der Waals surface area contributed by atoms with Crippen LogP contribution in [0.2, 0.25) is 0 Å². The first kappa shape index (κ1) is 15.9. The molecule has 22 heavy (non-hydrogen) atoms. The second kappa shape index (κ2) is 7.02. The number of hydrogen-bond donors (Lipinski definition) is 0. The summed E-state index contributed by atoms with van der Waals surface area (Å²) in [6.45, 7) is 6.74. The highest BCUT2D eigenvalue weighted by molar-refractivity contribution is 5.63. The maximum atomic E-state index is 12.9. The number of aryl methyl sites for hydroxylation is 2. The van der Waals surface area contributed by atoms with Gasteiger partial charge in [0.1, 0.15) is 11.6 Å². The van der Waals surface area contributed by atoms with Gasteiger partial charge in [-0.05, 0) is 51.1 Å². The van der Waals surface area contributed by atoms with E-state index in [0.717, 1.165) is 23.5 Å². The molecule has 5 heteroatoms. The third kappa shape index (κ3) is 4.04. The minimum Gasteiger partial charge on any atom is -0.439 e. The number of benzene rings is 1. The van der Waals surface area contributed by atoms with Crippen LogP contribution in [-0.2, 0) is 0 Å². The number of nitrogens with zero attached hydrogens (tertiary/aromatic N) is 3. The molecule has 2 aromatic rings. The Morgan fingerprint density at radius 1 is 1.27 bits per heavy atom. The minimum atomic E-state index is -0.294. The predicted octanol–water partition coefficient (Wildman–Crippen LogP) is 4.24. The third-order valence-corrected chi connectivity index (χ3v) is 3.25. The average Bonchev–Trinajstić information content (AvgIpc) is 2.51. The first-order valence-corrected chi connectivity index (χ1v) is 7.15. The molecule has 0 aliphatic heterocycles. The van der Waals surface area contributed by atoms with Gasteiger partial charge in [0.2, 0.25) is 5.88 Å². The summed E-state index contributed by atoms with van der Waals surface area (Å²) in [4.78, 5) is 10.9. The molecule has 0 aliphatic rings. The Bertz CT molecular complexity index is 668. The van der Waals surface area contributed by atoms with Crippen molar-refractivity contribution in [3.8, 4) is 11.6 Å². The summed E-state index contributed by atoms with van der Waals surface area (Å²) in [7, 11) is 1.96. The van der Waals surface area contributed by atoms with E-state index in [0.29, 0.717) is 11.6 Å². The van der Waals surface area contributed by atoms with Crippen molar-refractivity contribution in [2.45, 2.75) is 20.8 Å². The van der Waals surface area contributed by atoms with Crippen molar-refractivity contribution in [3.05, 3.63) is 47.4 Å². The number of hydrogen-bond acceptors (Lipinski definition) is 3. The van der Waals surface area contributed by atoms with Gasteiger partial charge in [0.05, 0.1) is 17.7 Å². The lowest BCUT2D eigenvalue weighted by Crippen LogP contribution is -2.14. The van der Waals surface area contributed by atoms with E-state index in [1.165, 1.54) is 12.1 Å². The van der Waals surface area contributed by atoms with Crippen LogP contribution in [0.1, 0.15) is 18.2 Å². The fraction of sp³-hybridized carbons (Fsp3) is 0.294. The van der Waals surface area contributed by atoms with Gasteiger partial charge in [-0.15, -0.1) is 0 Å². The molecule has 1 aromatic heterocycles. The van der Waals surface area contributed by atoms with Crippen molar-refractivity contribution in [1.82, 2.24) is 9.88 Å². The highest BCUT2D eigenvalue weighted by Gasteiger charge is 2.08. The Kier molecular flexibility index (Phi) is 5.09. The summed E-state index contributed by atoms with van der Waals surface area (Å²) in [6, 6.07) is 7.80. The molecular formula is C17H20FN3O. The summed E-state index contributed by atoms with van der Waals surface area (Å²) >= 11 is 0. The van der Waals surface area contributed by atoms with Crippen LogP contribution in [0.4, 0.5) is 10.1 Å². The number of halogens is 1. The van der Waals surface area contributed by atoms with Crippen LogP contribution in [0.25, 0.3) is 0 Å². The van der Waals surface area contributed by atoms with Gasteiger partial charge in [-0.1, -0.05) is 0 Å². The van der Waals surface area contributed by atoms with Crippen molar-refractivity contribution in [3.63, 3.8) is 0 Å². The lowest BCUT2D eigenvalue weighted by molar-refractivity contribution is 0.456. The number of aromatic nitrogens is 1. The first-order chi connectivity index (χ1) is 10.5. The number of pyridine rings is 1.